The van der Waals surface area contributed by atoms with Crippen molar-refractivity contribution in [3.63, 3.8) is 0 Å². The summed E-state index contributed by atoms with van der Waals surface area (Å²) in [4.78, 5) is 25.5. The Hall–Kier alpha value is -1.56. The number of benzene rings is 1. The molecule has 0 aromatic heterocycles. The Labute approximate surface area is 139 Å². The van der Waals surface area contributed by atoms with Crippen molar-refractivity contribution in [2.75, 3.05) is 25.0 Å². The summed E-state index contributed by atoms with van der Waals surface area (Å²) >= 11 is 3.43. The zero-order valence-electron chi connectivity index (χ0n) is 12.8. The molecule has 1 atom stereocenters. The van der Waals surface area contributed by atoms with Gasteiger partial charge in [0.05, 0.1) is 5.69 Å². The van der Waals surface area contributed by atoms with E-state index < -0.39 is 0 Å². The van der Waals surface area contributed by atoms with Gasteiger partial charge in [-0.25, -0.2) is 4.79 Å². The summed E-state index contributed by atoms with van der Waals surface area (Å²) in [5.74, 6) is 0.393. The Kier molecular flexibility index (Phi) is 6.24. The van der Waals surface area contributed by atoms with Crippen LogP contribution in [0.25, 0.3) is 0 Å². The lowest BCUT2D eigenvalue weighted by Gasteiger charge is -2.33. The summed E-state index contributed by atoms with van der Waals surface area (Å²) < 4.78 is 0.868. The lowest BCUT2D eigenvalue weighted by atomic mass is 9.98. The molecule has 1 saturated heterocycles. The Morgan fingerprint density at radius 1 is 1.36 bits per heavy atom. The first kappa shape index (κ1) is 16.8. The van der Waals surface area contributed by atoms with Crippen molar-refractivity contribution in [1.29, 1.82) is 0 Å². The molecule has 0 aliphatic carbocycles. The highest BCUT2D eigenvalue weighted by atomic mass is 79.9. The number of anilines is 1. The van der Waals surface area contributed by atoms with E-state index in [1.807, 2.05) is 36.1 Å². The number of nitrogens with one attached hydrogen (secondary N) is 2. The van der Waals surface area contributed by atoms with Gasteiger partial charge < -0.3 is 15.5 Å². The number of carbonyl (C=O) groups excluding carboxylic acids is 2. The summed E-state index contributed by atoms with van der Waals surface area (Å²) in [6.45, 7) is 3.92. The highest BCUT2D eigenvalue weighted by Gasteiger charge is 2.24. The van der Waals surface area contributed by atoms with Gasteiger partial charge in [-0.1, -0.05) is 19.1 Å². The minimum absolute atomic E-state index is 0.0646. The van der Waals surface area contributed by atoms with Gasteiger partial charge in [-0.05, 0) is 46.8 Å². The van der Waals surface area contributed by atoms with Crippen LogP contribution in [0, 0.1) is 5.92 Å². The summed E-state index contributed by atoms with van der Waals surface area (Å²) in [6.07, 6.45) is 2.51. The largest absolute Gasteiger partial charge is 0.356 e. The van der Waals surface area contributed by atoms with Crippen molar-refractivity contribution >= 4 is 33.6 Å². The van der Waals surface area contributed by atoms with Crippen molar-refractivity contribution in [1.82, 2.24) is 10.2 Å². The first-order chi connectivity index (χ1) is 10.6. The molecule has 3 amide bonds. The molecule has 0 bridgehead atoms. The van der Waals surface area contributed by atoms with Crippen molar-refractivity contribution in [3.8, 4) is 0 Å². The van der Waals surface area contributed by atoms with Gasteiger partial charge >= 0.3 is 6.03 Å². The maximum absolute atomic E-state index is 12.4. The number of hydrogen-bond donors (Lipinski definition) is 2. The van der Waals surface area contributed by atoms with Crippen LogP contribution in [0.3, 0.4) is 0 Å². The van der Waals surface area contributed by atoms with Gasteiger partial charge in [-0.2, -0.15) is 0 Å². The van der Waals surface area contributed by atoms with Crippen LogP contribution in [0.2, 0.25) is 0 Å². The molecule has 0 radical (unpaired) electrons. The molecule has 1 aliphatic rings. The molecule has 1 heterocycles. The molecule has 1 fully saturated rings. The number of piperidine rings is 1. The van der Waals surface area contributed by atoms with Gasteiger partial charge in [0.1, 0.15) is 0 Å². The molecule has 1 aromatic rings. The number of para-hydroxylation sites is 1. The summed E-state index contributed by atoms with van der Waals surface area (Å²) in [5, 5.41) is 5.84. The number of nitrogens with zero attached hydrogens (tertiary/aromatic N) is 1. The maximum atomic E-state index is 12.4. The second-order valence-corrected chi connectivity index (χ2v) is 6.38. The number of likely N-dealkylation sites (tertiary alicyclic amines) is 1. The fourth-order valence-corrected chi connectivity index (χ4v) is 2.94. The highest BCUT2D eigenvalue weighted by Crippen LogP contribution is 2.23. The minimum Gasteiger partial charge on any atom is -0.356 e. The fraction of sp³-hybridized carbons (Fsp3) is 0.500. The fourth-order valence-electron chi connectivity index (χ4n) is 2.56. The van der Waals surface area contributed by atoms with Crippen LogP contribution in [0.1, 0.15) is 26.2 Å². The minimum atomic E-state index is -0.0848. The van der Waals surface area contributed by atoms with Gasteiger partial charge in [-0.3, -0.25) is 4.79 Å². The Balaban J connectivity index is 1.87. The van der Waals surface area contributed by atoms with Crippen molar-refractivity contribution < 1.29 is 9.59 Å². The summed E-state index contributed by atoms with van der Waals surface area (Å²) in [6, 6.07) is 7.48. The van der Waals surface area contributed by atoms with Crippen molar-refractivity contribution in [3.05, 3.63) is 28.7 Å². The Morgan fingerprint density at radius 2 is 2.14 bits per heavy atom. The number of halogens is 1. The maximum Gasteiger partial charge on any atom is 0.321 e. The standard InChI is InChI=1S/C16H22BrN3O2/c1-2-15(21)18-10-12-6-5-9-20(11-12)16(22)19-14-8-4-3-7-13(14)17/h3-4,7-8,12H,2,5-6,9-11H2,1H3,(H,18,21)(H,19,22)/t12-/m0/s1. The van der Waals surface area contributed by atoms with Crippen LogP contribution in [-0.2, 0) is 4.79 Å². The molecule has 0 saturated carbocycles. The Morgan fingerprint density at radius 3 is 2.86 bits per heavy atom. The summed E-state index contributed by atoms with van der Waals surface area (Å²) in [7, 11) is 0. The Bertz CT molecular complexity index is 536. The van der Waals surface area contributed by atoms with Crippen molar-refractivity contribution in [2.45, 2.75) is 26.2 Å². The third-order valence-electron chi connectivity index (χ3n) is 3.83. The number of carbonyl (C=O) groups is 2. The molecule has 0 spiro atoms. The smallest absolute Gasteiger partial charge is 0.321 e. The van der Waals surface area contributed by atoms with Gasteiger partial charge in [0, 0.05) is 30.5 Å². The number of hydrogen-bond acceptors (Lipinski definition) is 2. The first-order valence-corrected chi connectivity index (χ1v) is 8.46. The van der Waals surface area contributed by atoms with Gasteiger partial charge in [0.2, 0.25) is 5.91 Å². The molecule has 2 rings (SSSR count). The zero-order valence-corrected chi connectivity index (χ0v) is 14.4. The number of rotatable bonds is 4. The van der Waals surface area contributed by atoms with Crippen molar-refractivity contribution in [2.24, 2.45) is 5.92 Å². The van der Waals surface area contributed by atoms with Crippen LogP contribution in [0.5, 0.6) is 0 Å². The topological polar surface area (TPSA) is 61.4 Å². The molecule has 1 aliphatic heterocycles. The molecule has 1 aromatic carbocycles. The second kappa shape index (κ2) is 8.17. The molecular weight excluding hydrogens is 346 g/mol. The lowest BCUT2D eigenvalue weighted by molar-refractivity contribution is -0.121. The van der Waals surface area contributed by atoms with E-state index >= 15 is 0 Å². The van der Waals surface area contributed by atoms with Crippen LogP contribution in [0.4, 0.5) is 10.5 Å². The molecule has 6 heteroatoms. The first-order valence-electron chi connectivity index (χ1n) is 7.67. The average molecular weight is 368 g/mol. The van der Waals surface area contributed by atoms with Crippen LogP contribution in [-0.4, -0.2) is 36.5 Å². The van der Waals surface area contributed by atoms with Crippen LogP contribution < -0.4 is 10.6 Å². The van der Waals surface area contributed by atoms with Gasteiger partial charge in [0.15, 0.2) is 0 Å². The van der Waals surface area contributed by atoms with E-state index in [0.29, 0.717) is 25.4 Å². The highest BCUT2D eigenvalue weighted by molar-refractivity contribution is 9.10. The second-order valence-electron chi connectivity index (χ2n) is 5.52. The SMILES string of the molecule is CCC(=O)NC[C@@H]1CCCN(C(=O)Nc2ccccc2Br)C1. The predicted octanol–water partition coefficient (Wildman–Crippen LogP) is 3.22. The average Bonchev–Trinajstić information content (AvgIpc) is 2.55. The molecule has 22 heavy (non-hydrogen) atoms. The quantitative estimate of drug-likeness (QED) is 0.857. The summed E-state index contributed by atoms with van der Waals surface area (Å²) in [5.41, 5.74) is 0.772. The number of amides is 3. The van der Waals surface area contributed by atoms with E-state index in [2.05, 4.69) is 26.6 Å². The number of urea groups is 1. The van der Waals surface area contributed by atoms with Crippen LogP contribution in [0.15, 0.2) is 28.7 Å². The van der Waals surface area contributed by atoms with Crippen LogP contribution >= 0.6 is 15.9 Å². The molecule has 5 nitrogen and oxygen atoms in total. The molecule has 2 N–H and O–H groups in total. The van der Waals surface area contributed by atoms with Gasteiger partial charge in [0.25, 0.3) is 0 Å². The van der Waals surface area contributed by atoms with Gasteiger partial charge in [-0.15, -0.1) is 0 Å². The normalized spacial score (nSPS) is 17.9. The van der Waals surface area contributed by atoms with E-state index in [9.17, 15) is 9.59 Å². The molecule has 0 unspecified atom stereocenters. The molecular formula is C16H22BrN3O2. The van der Waals surface area contributed by atoms with E-state index in [4.69, 9.17) is 0 Å². The molecule has 120 valence electrons. The lowest BCUT2D eigenvalue weighted by Crippen LogP contribution is -2.45. The van der Waals surface area contributed by atoms with E-state index in [-0.39, 0.29) is 11.9 Å². The van der Waals surface area contributed by atoms with E-state index in [1.54, 1.807) is 0 Å². The van der Waals surface area contributed by atoms with E-state index in [1.165, 1.54) is 0 Å². The predicted molar refractivity (Wildman–Crippen MR) is 90.8 cm³/mol. The zero-order chi connectivity index (χ0) is 15.9. The third kappa shape index (κ3) is 4.73. The third-order valence-corrected chi connectivity index (χ3v) is 4.52. The monoisotopic (exact) mass is 367 g/mol. The van der Waals surface area contributed by atoms with E-state index in [0.717, 1.165) is 29.5 Å².